The van der Waals surface area contributed by atoms with Crippen molar-refractivity contribution in [3.63, 3.8) is 0 Å². The van der Waals surface area contributed by atoms with Crippen LogP contribution in [0.2, 0.25) is 0 Å². The molecule has 0 radical (unpaired) electrons. The normalized spacial score (nSPS) is 13.9. The first-order valence-electron chi connectivity index (χ1n) is 29.9. The van der Waals surface area contributed by atoms with E-state index in [0.29, 0.717) is 41.5 Å². The number of hydrogen-bond acceptors (Lipinski definition) is 11. The van der Waals surface area contributed by atoms with Crippen LogP contribution in [0.25, 0.3) is 0 Å². The van der Waals surface area contributed by atoms with Gasteiger partial charge < -0.3 is 46.4 Å². The fraction of sp³-hybridized carbons (Fsp3) is 0.239. The zero-order chi connectivity index (χ0) is 61.6. The molecule has 89 heavy (non-hydrogen) atoms. The third-order valence-electron chi connectivity index (χ3n) is 14.1. The summed E-state index contributed by atoms with van der Waals surface area (Å²) in [5.74, 6) is 0. The fourth-order valence-electron chi connectivity index (χ4n) is 9.42. The number of rotatable bonds is 12. The molecule has 2 N–H and O–H groups in total. The first kappa shape index (κ1) is 76.5. The minimum absolute atomic E-state index is 0. The maximum atomic E-state index is 14.5. The van der Waals surface area contributed by atoms with Gasteiger partial charge in [-0.3, -0.25) is 0 Å². The van der Waals surface area contributed by atoms with Gasteiger partial charge in [-0.05, 0) is 99.8 Å². The van der Waals surface area contributed by atoms with Gasteiger partial charge >= 0.3 is 75.9 Å². The molecule has 13 rings (SSSR count). The number of ether oxygens (including phenoxy) is 4. The maximum absolute atomic E-state index is 14.5. The van der Waals surface area contributed by atoms with E-state index in [9.17, 15) is 19.2 Å². The van der Waals surface area contributed by atoms with Crippen LogP contribution >= 0.6 is 0 Å². The SMILES string of the molecule is C1CCOC1.C1CCOC1.C1CCOC1.C1CCOC1.Cc1ccccc1.[Li+].[Li+].[O-][Si](O[Si](O)(c1ccccc1)c1ccccc1)(c1ccccc1)c1ccccc1.[O-][Si](O[Si](O)(c1ccccc1)c1ccccc1)(c1ccccc1)c1ccccc1.[O]=[V]. The molecule has 0 bridgehead atoms. The Morgan fingerprint density at radius 2 is 0.438 bits per heavy atom. The van der Waals surface area contributed by atoms with Crippen molar-refractivity contribution in [3.05, 3.63) is 279 Å². The quantitative estimate of drug-likeness (QED) is 0.167. The van der Waals surface area contributed by atoms with Gasteiger partial charge in [-0.25, -0.2) is 0 Å². The van der Waals surface area contributed by atoms with E-state index < -0.39 is 34.2 Å². The Morgan fingerprint density at radius 1 is 0.292 bits per heavy atom. The van der Waals surface area contributed by atoms with Gasteiger partial charge in [0.2, 0.25) is 0 Å². The molecule has 4 heterocycles. The average molecular weight is 1290 g/mol. The van der Waals surface area contributed by atoms with E-state index in [1.807, 2.05) is 212 Å². The molecule has 9 aromatic rings. The van der Waals surface area contributed by atoms with Gasteiger partial charge in [-0.15, -0.1) is 0 Å². The molecule has 4 saturated heterocycles. The summed E-state index contributed by atoms with van der Waals surface area (Å²) in [4.78, 5) is 52.8. The first-order valence-corrected chi connectivity index (χ1v) is 37.8. The number of hydrogen-bond donors (Lipinski definition) is 2. The molecule has 4 aliphatic rings. The van der Waals surface area contributed by atoms with Crippen LogP contribution in [0.1, 0.15) is 56.9 Å². The van der Waals surface area contributed by atoms with E-state index in [1.54, 1.807) is 48.5 Å². The topological polar surface area (TPSA) is 159 Å². The van der Waals surface area contributed by atoms with Crippen LogP contribution < -0.4 is 88.8 Å². The van der Waals surface area contributed by atoms with Crippen molar-refractivity contribution in [1.82, 2.24) is 0 Å². The second kappa shape index (κ2) is 43.7. The Kier molecular flexibility index (Phi) is 37.6. The van der Waals surface area contributed by atoms with E-state index in [1.165, 1.54) is 56.9 Å². The van der Waals surface area contributed by atoms with Crippen molar-refractivity contribution in [2.24, 2.45) is 0 Å². The average Bonchev–Trinajstić information content (AvgIpc) is 2.46. The van der Waals surface area contributed by atoms with Crippen molar-refractivity contribution in [2.75, 3.05) is 52.9 Å². The number of aryl methyl sites for hydroxylation is 1. The molecular weight excluding hydrogens is 1210 g/mol. The van der Waals surface area contributed by atoms with E-state index in [0.717, 1.165) is 70.2 Å². The zero-order valence-corrected chi connectivity index (χ0v) is 57.2. The van der Waals surface area contributed by atoms with Gasteiger partial charge in [0.05, 0.1) is 0 Å². The molecule has 9 aromatic carbocycles. The van der Waals surface area contributed by atoms with E-state index in [4.69, 9.17) is 30.9 Å². The summed E-state index contributed by atoms with van der Waals surface area (Å²) < 4.78 is 40.9. The molecule has 0 atom stereocenters. The van der Waals surface area contributed by atoms with E-state index >= 15 is 0 Å². The van der Waals surface area contributed by atoms with Crippen LogP contribution in [-0.4, -0.2) is 96.7 Å². The molecular formula is C71H82Li2O11Si4V. The number of benzene rings is 9. The molecule has 18 heteroatoms. The van der Waals surface area contributed by atoms with Gasteiger partial charge in [0.1, 0.15) is 0 Å². The predicted octanol–water partition coefficient (Wildman–Crippen LogP) is 0.807. The Balaban J connectivity index is 0.000000258. The van der Waals surface area contributed by atoms with Gasteiger partial charge in [0, 0.05) is 52.9 Å². The van der Waals surface area contributed by atoms with Crippen molar-refractivity contribution >= 4 is 75.7 Å². The first-order chi connectivity index (χ1) is 42.6. The van der Waals surface area contributed by atoms with Gasteiger partial charge in [-0.2, -0.15) is 0 Å². The van der Waals surface area contributed by atoms with Crippen molar-refractivity contribution < 1.29 is 105 Å². The van der Waals surface area contributed by atoms with Crippen LogP contribution in [0.4, 0.5) is 0 Å². The van der Waals surface area contributed by atoms with Crippen molar-refractivity contribution in [3.8, 4) is 0 Å². The molecule has 0 saturated carbocycles. The summed E-state index contributed by atoms with van der Waals surface area (Å²) >= 11 is 1.06. The third-order valence-corrected chi connectivity index (χ3v) is 27.6. The summed E-state index contributed by atoms with van der Waals surface area (Å²) in [6.45, 7) is 10.1. The predicted molar refractivity (Wildman–Crippen MR) is 350 cm³/mol. The van der Waals surface area contributed by atoms with Crippen LogP contribution in [0.5, 0.6) is 0 Å². The summed E-state index contributed by atoms with van der Waals surface area (Å²) in [6.07, 6.45) is 10.2. The second-order valence-electron chi connectivity index (χ2n) is 20.6. The Bertz CT molecular complexity index is 2580. The van der Waals surface area contributed by atoms with Crippen molar-refractivity contribution in [2.45, 2.75) is 58.3 Å². The summed E-state index contributed by atoms with van der Waals surface area (Å²) in [6, 6.07) is 84.0. The summed E-state index contributed by atoms with van der Waals surface area (Å²) in [5.41, 5.74) is 1.32. The molecule has 11 nitrogen and oxygen atoms in total. The second-order valence-corrected chi connectivity index (χ2v) is 31.9. The third kappa shape index (κ3) is 25.2. The molecule has 455 valence electrons. The molecule has 0 spiro atoms. The fourth-order valence-corrected chi connectivity index (χ4v) is 23.0. The van der Waals surface area contributed by atoms with E-state index in [2.05, 4.69) is 19.1 Å². The Morgan fingerprint density at radius 3 is 0.562 bits per heavy atom. The summed E-state index contributed by atoms with van der Waals surface area (Å²) in [5, 5.41) is 4.98. The molecule has 4 fully saturated rings. The molecule has 0 amide bonds. The van der Waals surface area contributed by atoms with Crippen LogP contribution in [0.15, 0.2) is 273 Å². The Hall–Kier alpha value is -4.97. The molecule has 0 unspecified atom stereocenters. The molecule has 4 aliphatic heterocycles. The molecule has 0 aliphatic carbocycles. The van der Waals surface area contributed by atoms with Crippen molar-refractivity contribution in [1.29, 1.82) is 0 Å². The molecule has 0 aromatic heterocycles. The summed E-state index contributed by atoms with van der Waals surface area (Å²) in [7, 11) is -15.4. The van der Waals surface area contributed by atoms with Crippen LogP contribution in [-0.2, 0) is 48.2 Å². The van der Waals surface area contributed by atoms with Gasteiger partial charge in [-0.1, -0.05) is 279 Å². The Labute approximate surface area is 566 Å². The van der Waals surface area contributed by atoms with E-state index in [-0.39, 0.29) is 37.7 Å². The zero-order valence-electron chi connectivity index (χ0n) is 51.8. The standard InChI is InChI=1S/2C24H21O3Si2.C7H8.4C4H8O.2Li.O.V/c2*25-28(21-13-5-1-6-14-21,22-15-7-2-8-16-22)27-29(26,23-17-9-3-10-18-23)24-19-11-4-12-20-24;1-7-5-3-2-4-6-7;4*1-2-4-5-3-1;;;;/h2*1-20,25H;2-6H,1H3;4*1-4H2;;;;/q2*-1;;;;;;2*+1;;. The minimum atomic E-state index is -3.94. The van der Waals surface area contributed by atoms with Crippen LogP contribution in [0, 0.1) is 6.92 Å². The van der Waals surface area contributed by atoms with Gasteiger partial charge in [0.25, 0.3) is 0 Å². The van der Waals surface area contributed by atoms with Gasteiger partial charge in [0.15, 0.2) is 17.1 Å². The monoisotopic (exact) mass is 1290 g/mol. The van der Waals surface area contributed by atoms with Crippen LogP contribution in [0.3, 0.4) is 0 Å².